The highest BCUT2D eigenvalue weighted by Crippen LogP contribution is 1.85. The second-order valence-electron chi connectivity index (χ2n) is 3.25. The van der Waals surface area contributed by atoms with E-state index in [0.29, 0.717) is 0 Å². The smallest absolute Gasteiger partial charge is 0.241 e. The van der Waals surface area contributed by atoms with Crippen molar-refractivity contribution in [2.45, 2.75) is 19.4 Å². The minimum absolute atomic E-state index is 0.0402. The van der Waals surface area contributed by atoms with Crippen molar-refractivity contribution in [2.75, 3.05) is 20.6 Å². The minimum Gasteiger partial charge on any atom is -0.347 e. The maximum absolute atomic E-state index is 11.0. The van der Waals surface area contributed by atoms with Crippen LogP contribution in [0.25, 0.3) is 0 Å². The van der Waals surface area contributed by atoms with Crippen LogP contribution in [0.1, 0.15) is 13.3 Å². The van der Waals surface area contributed by atoms with Crippen LogP contribution in [0.15, 0.2) is 0 Å². The van der Waals surface area contributed by atoms with E-state index in [1.165, 1.54) is 4.90 Å². The molecule has 2 amide bonds. The summed E-state index contributed by atoms with van der Waals surface area (Å²) in [5.74, 6) is -0.316. The third kappa shape index (κ3) is 6.10. The van der Waals surface area contributed by atoms with Gasteiger partial charge in [-0.05, 0) is 6.92 Å². The van der Waals surface area contributed by atoms with Crippen LogP contribution < -0.4 is 11.1 Å². The first-order chi connectivity index (χ1) is 5.93. The molecule has 0 radical (unpaired) electrons. The van der Waals surface area contributed by atoms with Gasteiger partial charge in [0.15, 0.2) is 0 Å². The zero-order valence-corrected chi connectivity index (χ0v) is 8.33. The van der Waals surface area contributed by atoms with Gasteiger partial charge in [-0.3, -0.25) is 9.59 Å². The Kier molecular flexibility index (Phi) is 5.06. The van der Waals surface area contributed by atoms with Crippen molar-refractivity contribution in [1.29, 1.82) is 0 Å². The molecular weight excluding hydrogens is 170 g/mol. The molecule has 5 heteroatoms. The summed E-state index contributed by atoms with van der Waals surface area (Å²) < 4.78 is 0. The predicted molar refractivity (Wildman–Crippen MR) is 50.0 cm³/mol. The molecule has 3 N–H and O–H groups in total. The quantitative estimate of drug-likeness (QED) is 0.588. The Hall–Kier alpha value is -1.10. The lowest BCUT2D eigenvalue weighted by atomic mass is 10.2. The third-order valence-corrected chi connectivity index (χ3v) is 1.44. The summed E-state index contributed by atoms with van der Waals surface area (Å²) in [4.78, 5) is 23.5. The summed E-state index contributed by atoms with van der Waals surface area (Å²) in [6, 6.07) is -0.172. The first-order valence-corrected chi connectivity index (χ1v) is 4.16. The fourth-order valence-corrected chi connectivity index (χ4v) is 0.697. The number of amides is 2. The van der Waals surface area contributed by atoms with Gasteiger partial charge in [-0.25, -0.2) is 0 Å². The topological polar surface area (TPSA) is 75.4 Å². The van der Waals surface area contributed by atoms with E-state index in [1.807, 2.05) is 0 Å². The molecule has 0 spiro atoms. The van der Waals surface area contributed by atoms with Gasteiger partial charge < -0.3 is 16.0 Å². The van der Waals surface area contributed by atoms with E-state index < -0.39 is 0 Å². The van der Waals surface area contributed by atoms with E-state index >= 15 is 0 Å². The molecule has 0 fully saturated rings. The number of carbonyl (C=O) groups is 2. The summed E-state index contributed by atoms with van der Waals surface area (Å²) in [6.07, 6.45) is 0.251. The number of likely N-dealkylation sites (N-methyl/N-ethyl adjacent to an activating group) is 1. The molecule has 0 bridgehead atoms. The molecule has 0 aliphatic rings. The summed E-state index contributed by atoms with van der Waals surface area (Å²) >= 11 is 0. The number of hydrogen-bond acceptors (Lipinski definition) is 3. The van der Waals surface area contributed by atoms with Crippen molar-refractivity contribution >= 4 is 11.8 Å². The molecule has 1 unspecified atom stereocenters. The Labute approximate surface area is 78.3 Å². The molecule has 76 valence electrons. The molecule has 13 heavy (non-hydrogen) atoms. The molecule has 0 aromatic carbocycles. The van der Waals surface area contributed by atoms with Crippen molar-refractivity contribution in [3.05, 3.63) is 0 Å². The van der Waals surface area contributed by atoms with Crippen molar-refractivity contribution in [3.63, 3.8) is 0 Å². The number of nitrogens with two attached hydrogens (primary N) is 1. The molecule has 0 aliphatic carbocycles. The van der Waals surface area contributed by atoms with Gasteiger partial charge in [-0.2, -0.15) is 0 Å². The summed E-state index contributed by atoms with van der Waals surface area (Å²) in [5.41, 5.74) is 5.40. The number of carbonyl (C=O) groups excluding carboxylic acids is 2. The predicted octanol–water partition coefficient (Wildman–Crippen LogP) is -1.07. The molecule has 0 aromatic heterocycles. The first kappa shape index (κ1) is 11.9. The van der Waals surface area contributed by atoms with Gasteiger partial charge >= 0.3 is 0 Å². The van der Waals surface area contributed by atoms with Crippen molar-refractivity contribution in [2.24, 2.45) is 5.73 Å². The second kappa shape index (κ2) is 5.53. The Morgan fingerprint density at radius 1 is 1.46 bits per heavy atom. The fraction of sp³-hybridized carbons (Fsp3) is 0.750. The van der Waals surface area contributed by atoms with Crippen LogP contribution in [0.5, 0.6) is 0 Å². The van der Waals surface area contributed by atoms with Gasteiger partial charge in [0.05, 0.1) is 6.54 Å². The molecular formula is C8H17N3O2. The minimum atomic E-state index is -0.190. The molecule has 0 saturated carbocycles. The zero-order chi connectivity index (χ0) is 10.4. The maximum Gasteiger partial charge on any atom is 0.241 e. The van der Waals surface area contributed by atoms with Crippen LogP contribution in [-0.4, -0.2) is 43.4 Å². The van der Waals surface area contributed by atoms with E-state index in [0.717, 1.165) is 0 Å². The largest absolute Gasteiger partial charge is 0.347 e. The standard InChI is InChI=1S/C8H17N3O2/c1-6(9)4-7(12)10-5-8(13)11(2)3/h6H,4-5,9H2,1-3H3,(H,10,12). The molecule has 0 saturated heterocycles. The highest BCUT2D eigenvalue weighted by molar-refractivity contribution is 5.84. The Morgan fingerprint density at radius 2 is 2.00 bits per heavy atom. The fourth-order valence-electron chi connectivity index (χ4n) is 0.697. The van der Waals surface area contributed by atoms with E-state index in [-0.39, 0.29) is 30.8 Å². The van der Waals surface area contributed by atoms with Crippen LogP contribution in [-0.2, 0) is 9.59 Å². The number of hydrogen-bond donors (Lipinski definition) is 2. The van der Waals surface area contributed by atoms with Gasteiger partial charge in [0.25, 0.3) is 0 Å². The number of nitrogens with one attached hydrogen (secondary N) is 1. The van der Waals surface area contributed by atoms with Crippen molar-refractivity contribution in [3.8, 4) is 0 Å². The summed E-state index contributed by atoms with van der Waals surface area (Å²) in [6.45, 7) is 1.78. The lowest BCUT2D eigenvalue weighted by Crippen LogP contribution is -2.38. The van der Waals surface area contributed by atoms with Gasteiger partial charge in [0.2, 0.25) is 11.8 Å². The first-order valence-electron chi connectivity index (χ1n) is 4.16. The molecule has 0 rings (SSSR count). The van der Waals surface area contributed by atoms with Gasteiger partial charge in [0.1, 0.15) is 0 Å². The average molecular weight is 187 g/mol. The van der Waals surface area contributed by atoms with Gasteiger partial charge in [-0.15, -0.1) is 0 Å². The van der Waals surface area contributed by atoms with E-state index in [2.05, 4.69) is 5.32 Å². The SMILES string of the molecule is CC(N)CC(=O)NCC(=O)N(C)C. The van der Waals surface area contributed by atoms with E-state index in [1.54, 1.807) is 21.0 Å². The average Bonchev–Trinajstić information content (AvgIpc) is 1.98. The molecule has 1 atom stereocenters. The maximum atomic E-state index is 11.0. The normalized spacial score (nSPS) is 12.0. The summed E-state index contributed by atoms with van der Waals surface area (Å²) in [5, 5.41) is 2.48. The van der Waals surface area contributed by atoms with E-state index in [9.17, 15) is 9.59 Å². The van der Waals surface area contributed by atoms with Crippen LogP contribution >= 0.6 is 0 Å². The van der Waals surface area contributed by atoms with Crippen LogP contribution in [0.4, 0.5) is 0 Å². The highest BCUT2D eigenvalue weighted by atomic mass is 16.2. The monoisotopic (exact) mass is 187 g/mol. The van der Waals surface area contributed by atoms with Crippen molar-refractivity contribution in [1.82, 2.24) is 10.2 Å². The van der Waals surface area contributed by atoms with Crippen molar-refractivity contribution < 1.29 is 9.59 Å². The van der Waals surface area contributed by atoms with E-state index in [4.69, 9.17) is 5.73 Å². The summed E-state index contributed by atoms with van der Waals surface area (Å²) in [7, 11) is 3.28. The molecule has 0 aliphatic heterocycles. The third-order valence-electron chi connectivity index (χ3n) is 1.44. The Balaban J connectivity index is 3.64. The van der Waals surface area contributed by atoms with Crippen LogP contribution in [0.3, 0.4) is 0 Å². The Bertz CT molecular complexity index is 190. The highest BCUT2D eigenvalue weighted by Gasteiger charge is 2.08. The lowest BCUT2D eigenvalue weighted by molar-refractivity contribution is -0.130. The van der Waals surface area contributed by atoms with Gasteiger partial charge in [0, 0.05) is 26.6 Å². The zero-order valence-electron chi connectivity index (χ0n) is 8.33. The van der Waals surface area contributed by atoms with Crippen LogP contribution in [0.2, 0.25) is 0 Å². The lowest BCUT2D eigenvalue weighted by Gasteiger charge is -2.11. The molecule has 5 nitrogen and oxygen atoms in total. The number of nitrogens with zero attached hydrogens (tertiary/aromatic N) is 1. The second-order valence-corrected chi connectivity index (χ2v) is 3.25. The molecule has 0 heterocycles. The van der Waals surface area contributed by atoms with Gasteiger partial charge in [-0.1, -0.05) is 0 Å². The Morgan fingerprint density at radius 3 is 2.38 bits per heavy atom. The number of rotatable bonds is 4. The molecule has 0 aromatic rings. The van der Waals surface area contributed by atoms with Crippen LogP contribution in [0, 0.1) is 0 Å².